The molecule has 0 bridgehead atoms. The smallest absolute Gasteiger partial charge is 0.254 e. The van der Waals surface area contributed by atoms with Gasteiger partial charge in [-0.1, -0.05) is 53.7 Å². The van der Waals surface area contributed by atoms with E-state index in [1.165, 1.54) is 31.9 Å². The minimum absolute atomic E-state index is 0.143. The van der Waals surface area contributed by atoms with Crippen molar-refractivity contribution in [2.45, 2.75) is 10.9 Å². The molecule has 118 valence electrons. The summed E-state index contributed by atoms with van der Waals surface area (Å²) in [4.78, 5) is 8.26. The van der Waals surface area contributed by atoms with Crippen molar-refractivity contribution in [3.05, 3.63) is 47.1 Å². The SMILES string of the molecule is CN(C)S(=O)(=O)Nc1cc(Cl)nc(SCc2ccccc2)n1. The number of anilines is 1. The fraction of sp³-hybridized carbons (Fsp3) is 0.231. The van der Waals surface area contributed by atoms with Gasteiger partial charge in [0, 0.05) is 25.9 Å². The first kappa shape index (κ1) is 17.0. The predicted molar refractivity (Wildman–Crippen MR) is 89.3 cm³/mol. The van der Waals surface area contributed by atoms with Gasteiger partial charge in [-0.05, 0) is 5.56 Å². The van der Waals surface area contributed by atoms with E-state index in [0.717, 1.165) is 9.87 Å². The van der Waals surface area contributed by atoms with E-state index >= 15 is 0 Å². The molecule has 0 saturated carbocycles. The Morgan fingerprint density at radius 2 is 1.91 bits per heavy atom. The molecule has 0 aliphatic carbocycles. The number of benzene rings is 1. The Balaban J connectivity index is 2.13. The van der Waals surface area contributed by atoms with Crippen molar-refractivity contribution in [3.8, 4) is 0 Å². The molecule has 2 rings (SSSR count). The Morgan fingerprint density at radius 3 is 2.55 bits per heavy atom. The molecule has 1 N–H and O–H groups in total. The highest BCUT2D eigenvalue weighted by Gasteiger charge is 2.15. The lowest BCUT2D eigenvalue weighted by atomic mass is 10.2. The van der Waals surface area contributed by atoms with Crippen molar-refractivity contribution in [1.82, 2.24) is 14.3 Å². The molecule has 0 fully saturated rings. The topological polar surface area (TPSA) is 75.2 Å². The van der Waals surface area contributed by atoms with E-state index in [1.807, 2.05) is 30.3 Å². The molecule has 9 heteroatoms. The van der Waals surface area contributed by atoms with Crippen molar-refractivity contribution in [2.24, 2.45) is 0 Å². The largest absolute Gasteiger partial charge is 0.302 e. The van der Waals surface area contributed by atoms with Crippen LogP contribution >= 0.6 is 23.4 Å². The third kappa shape index (κ3) is 4.84. The zero-order chi connectivity index (χ0) is 16.2. The number of hydrogen-bond acceptors (Lipinski definition) is 5. The fourth-order valence-corrected chi connectivity index (χ4v) is 3.06. The summed E-state index contributed by atoms with van der Waals surface area (Å²) in [6.07, 6.45) is 0. The third-order valence-corrected chi connectivity index (χ3v) is 5.14. The van der Waals surface area contributed by atoms with Crippen LogP contribution in [-0.4, -0.2) is 36.8 Å². The molecule has 1 aromatic carbocycles. The zero-order valence-corrected chi connectivity index (χ0v) is 14.4. The molecule has 0 spiro atoms. The van der Waals surface area contributed by atoms with Gasteiger partial charge in [-0.3, -0.25) is 4.72 Å². The van der Waals surface area contributed by atoms with E-state index < -0.39 is 10.2 Å². The summed E-state index contributed by atoms with van der Waals surface area (Å²) < 4.78 is 27.0. The van der Waals surface area contributed by atoms with Crippen molar-refractivity contribution in [2.75, 3.05) is 18.8 Å². The first-order chi connectivity index (χ1) is 10.4. The molecule has 0 amide bonds. The maximum absolute atomic E-state index is 11.8. The summed E-state index contributed by atoms with van der Waals surface area (Å²) in [6, 6.07) is 11.2. The van der Waals surface area contributed by atoms with Crippen molar-refractivity contribution in [3.63, 3.8) is 0 Å². The first-order valence-corrected chi connectivity index (χ1v) is 9.09. The monoisotopic (exact) mass is 358 g/mol. The van der Waals surface area contributed by atoms with Crippen LogP contribution in [0.5, 0.6) is 0 Å². The number of thioether (sulfide) groups is 1. The summed E-state index contributed by atoms with van der Waals surface area (Å²) in [5, 5.41) is 0.592. The second-order valence-corrected chi connectivity index (χ2v) is 7.74. The molecule has 0 atom stereocenters. The number of rotatable bonds is 6. The summed E-state index contributed by atoms with van der Waals surface area (Å²) in [5.74, 6) is 0.811. The summed E-state index contributed by atoms with van der Waals surface area (Å²) >= 11 is 7.31. The van der Waals surface area contributed by atoms with Gasteiger partial charge in [0.1, 0.15) is 11.0 Å². The van der Waals surface area contributed by atoms with Gasteiger partial charge in [-0.15, -0.1) is 0 Å². The number of nitrogens with one attached hydrogen (secondary N) is 1. The molecule has 0 radical (unpaired) electrons. The van der Waals surface area contributed by atoms with Crippen LogP contribution in [0.2, 0.25) is 5.15 Å². The van der Waals surface area contributed by atoms with Gasteiger partial charge in [-0.2, -0.15) is 12.7 Å². The van der Waals surface area contributed by atoms with Gasteiger partial charge in [-0.25, -0.2) is 9.97 Å². The molecule has 1 aromatic heterocycles. The van der Waals surface area contributed by atoms with Crippen LogP contribution in [0, 0.1) is 0 Å². The molecular formula is C13H15ClN4O2S2. The summed E-state index contributed by atoms with van der Waals surface area (Å²) in [7, 11) is -0.773. The second-order valence-electron chi connectivity index (χ2n) is 4.52. The standard InChI is InChI=1S/C13H15ClN4O2S2/c1-18(2)22(19,20)17-12-8-11(14)15-13(16-12)21-9-10-6-4-3-5-7-10/h3-8H,9H2,1-2H3,(H,15,16,17). The lowest BCUT2D eigenvalue weighted by molar-refractivity contribution is 0.526. The van der Waals surface area contributed by atoms with Crippen LogP contribution in [-0.2, 0) is 16.0 Å². The molecule has 1 heterocycles. The lowest BCUT2D eigenvalue weighted by Crippen LogP contribution is -2.29. The van der Waals surface area contributed by atoms with Crippen LogP contribution in [0.25, 0.3) is 0 Å². The lowest BCUT2D eigenvalue weighted by Gasteiger charge is -2.13. The van der Waals surface area contributed by atoms with Crippen LogP contribution < -0.4 is 4.72 Å². The first-order valence-electron chi connectivity index (χ1n) is 6.28. The zero-order valence-electron chi connectivity index (χ0n) is 12.0. The molecule has 22 heavy (non-hydrogen) atoms. The van der Waals surface area contributed by atoms with Gasteiger partial charge in [0.05, 0.1) is 0 Å². The molecule has 0 saturated heterocycles. The van der Waals surface area contributed by atoms with Crippen molar-refractivity contribution >= 4 is 39.4 Å². The van der Waals surface area contributed by atoms with E-state index in [1.54, 1.807) is 0 Å². The molecule has 0 aliphatic heterocycles. The molecule has 0 unspecified atom stereocenters. The highest BCUT2D eigenvalue weighted by atomic mass is 35.5. The van der Waals surface area contributed by atoms with E-state index in [4.69, 9.17) is 11.6 Å². The number of hydrogen-bond donors (Lipinski definition) is 1. The number of aromatic nitrogens is 2. The molecule has 2 aromatic rings. The van der Waals surface area contributed by atoms with E-state index in [0.29, 0.717) is 10.9 Å². The van der Waals surface area contributed by atoms with E-state index in [9.17, 15) is 8.42 Å². The summed E-state index contributed by atoms with van der Waals surface area (Å²) in [6.45, 7) is 0. The number of halogens is 1. The maximum atomic E-state index is 11.8. The quantitative estimate of drug-likeness (QED) is 0.488. The van der Waals surface area contributed by atoms with Crippen LogP contribution in [0.4, 0.5) is 5.82 Å². The maximum Gasteiger partial charge on any atom is 0.302 e. The molecule has 6 nitrogen and oxygen atoms in total. The summed E-state index contributed by atoms with van der Waals surface area (Å²) in [5.41, 5.74) is 1.12. The highest BCUT2D eigenvalue weighted by molar-refractivity contribution is 7.98. The second kappa shape index (κ2) is 7.28. The minimum Gasteiger partial charge on any atom is -0.254 e. The highest BCUT2D eigenvalue weighted by Crippen LogP contribution is 2.23. The fourth-order valence-electron chi connectivity index (χ4n) is 1.46. The molecular weight excluding hydrogens is 344 g/mol. The van der Waals surface area contributed by atoms with Gasteiger partial charge in [0.15, 0.2) is 5.16 Å². The van der Waals surface area contributed by atoms with Crippen LogP contribution in [0.15, 0.2) is 41.6 Å². The van der Waals surface area contributed by atoms with Crippen LogP contribution in [0.3, 0.4) is 0 Å². The van der Waals surface area contributed by atoms with E-state index in [2.05, 4.69) is 14.7 Å². The Bertz CT molecular complexity index is 739. The van der Waals surface area contributed by atoms with Gasteiger partial charge >= 0.3 is 10.2 Å². The predicted octanol–water partition coefficient (Wildman–Crippen LogP) is 2.64. The Labute approximate surface area is 139 Å². The van der Waals surface area contributed by atoms with Gasteiger partial charge in [0.2, 0.25) is 0 Å². The Morgan fingerprint density at radius 1 is 1.23 bits per heavy atom. The number of nitrogens with zero attached hydrogens (tertiary/aromatic N) is 3. The average molecular weight is 359 g/mol. The van der Waals surface area contributed by atoms with Gasteiger partial charge in [0.25, 0.3) is 0 Å². The van der Waals surface area contributed by atoms with Gasteiger partial charge < -0.3 is 0 Å². The Kier molecular flexibility index (Phi) is 5.63. The minimum atomic E-state index is -3.63. The normalized spacial score (nSPS) is 11.6. The Hall–Kier alpha value is -1.35. The van der Waals surface area contributed by atoms with Crippen LogP contribution in [0.1, 0.15) is 5.56 Å². The average Bonchev–Trinajstić information content (AvgIpc) is 2.45. The van der Waals surface area contributed by atoms with Crippen molar-refractivity contribution < 1.29 is 8.42 Å². The third-order valence-electron chi connectivity index (χ3n) is 2.60. The van der Waals surface area contributed by atoms with Crippen molar-refractivity contribution in [1.29, 1.82) is 0 Å². The van der Waals surface area contributed by atoms with E-state index in [-0.39, 0.29) is 11.0 Å². The molecule has 0 aliphatic rings.